The lowest BCUT2D eigenvalue weighted by Crippen LogP contribution is -2.43. The highest BCUT2D eigenvalue weighted by molar-refractivity contribution is 5.32. The zero-order chi connectivity index (χ0) is 12.5. The number of nitrogens with zero attached hydrogens (tertiary/aromatic N) is 3. The molecule has 0 bridgehead atoms. The van der Waals surface area contributed by atoms with Crippen LogP contribution in [0.1, 0.15) is 18.5 Å². The van der Waals surface area contributed by atoms with Gasteiger partial charge in [0.05, 0.1) is 0 Å². The molecule has 0 amide bonds. The summed E-state index contributed by atoms with van der Waals surface area (Å²) in [6.07, 6.45) is -1.57. The van der Waals surface area contributed by atoms with Gasteiger partial charge in [-0.2, -0.15) is 13.2 Å². The summed E-state index contributed by atoms with van der Waals surface area (Å²) in [5.74, 6) is 0.106. The predicted octanol–water partition coefficient (Wildman–Crippen LogP) is 1.42. The first kappa shape index (κ1) is 12.1. The van der Waals surface area contributed by atoms with E-state index in [1.807, 2.05) is 0 Å². The number of nitrogens with two attached hydrogens (primary N) is 1. The molecule has 0 spiro atoms. The van der Waals surface area contributed by atoms with E-state index < -0.39 is 11.9 Å². The molecule has 7 heteroatoms. The molecule has 2 heterocycles. The van der Waals surface area contributed by atoms with E-state index in [9.17, 15) is 13.2 Å². The molecule has 1 aromatic rings. The van der Waals surface area contributed by atoms with Crippen molar-refractivity contribution in [1.29, 1.82) is 0 Å². The smallest absolute Gasteiger partial charge is 0.339 e. The Kier molecular flexibility index (Phi) is 3.19. The Labute approximate surface area is 96.7 Å². The van der Waals surface area contributed by atoms with Crippen LogP contribution in [0.25, 0.3) is 0 Å². The quantitative estimate of drug-likeness (QED) is 0.814. The number of halogens is 3. The van der Waals surface area contributed by atoms with E-state index in [-0.39, 0.29) is 12.0 Å². The van der Waals surface area contributed by atoms with Crippen LogP contribution in [0, 0.1) is 0 Å². The summed E-state index contributed by atoms with van der Waals surface area (Å²) in [4.78, 5) is 9.10. The molecule has 1 aliphatic rings. The molecule has 1 aromatic heterocycles. The maximum absolute atomic E-state index is 12.5. The van der Waals surface area contributed by atoms with Gasteiger partial charge in [0.15, 0.2) is 0 Å². The molecule has 1 unspecified atom stereocenters. The van der Waals surface area contributed by atoms with Crippen molar-refractivity contribution in [2.24, 2.45) is 5.73 Å². The molecule has 1 saturated heterocycles. The Morgan fingerprint density at radius 1 is 1.41 bits per heavy atom. The Hall–Kier alpha value is -1.37. The fourth-order valence-corrected chi connectivity index (χ4v) is 1.85. The van der Waals surface area contributed by atoms with Crippen LogP contribution in [0.3, 0.4) is 0 Å². The summed E-state index contributed by atoms with van der Waals surface area (Å²) in [7, 11) is 0. The first-order valence-corrected chi connectivity index (χ1v) is 5.37. The highest BCUT2D eigenvalue weighted by Gasteiger charge is 2.33. The van der Waals surface area contributed by atoms with Crippen LogP contribution < -0.4 is 10.6 Å². The standard InChI is InChI=1S/C10H13F3N4/c11-10(12,13)8-3-4-15-9(16-8)17-5-1-2-7(14)6-17/h3-4,7H,1-2,5-6,14H2. The average Bonchev–Trinajstić information content (AvgIpc) is 2.28. The zero-order valence-electron chi connectivity index (χ0n) is 9.11. The fraction of sp³-hybridized carbons (Fsp3) is 0.600. The van der Waals surface area contributed by atoms with Gasteiger partial charge in [-0.05, 0) is 18.9 Å². The predicted molar refractivity (Wildman–Crippen MR) is 56.5 cm³/mol. The van der Waals surface area contributed by atoms with Gasteiger partial charge in [-0.1, -0.05) is 0 Å². The minimum atomic E-state index is -4.43. The Bertz CT molecular complexity index is 393. The molecule has 1 atom stereocenters. The molecule has 2 rings (SSSR count). The first-order valence-electron chi connectivity index (χ1n) is 5.37. The lowest BCUT2D eigenvalue weighted by atomic mass is 10.1. The highest BCUT2D eigenvalue weighted by atomic mass is 19.4. The molecule has 0 saturated carbocycles. The summed E-state index contributed by atoms with van der Waals surface area (Å²) in [5, 5.41) is 0. The largest absolute Gasteiger partial charge is 0.433 e. The van der Waals surface area contributed by atoms with Crippen molar-refractivity contribution in [3.05, 3.63) is 18.0 Å². The van der Waals surface area contributed by atoms with E-state index in [2.05, 4.69) is 9.97 Å². The van der Waals surface area contributed by atoms with Crippen LogP contribution in [0.5, 0.6) is 0 Å². The summed E-state index contributed by atoms with van der Waals surface area (Å²) in [6.45, 7) is 1.15. The number of hydrogen-bond donors (Lipinski definition) is 1. The number of aromatic nitrogens is 2. The van der Waals surface area contributed by atoms with Crippen LogP contribution in [-0.4, -0.2) is 29.1 Å². The van der Waals surface area contributed by atoms with Gasteiger partial charge in [-0.25, -0.2) is 9.97 Å². The van der Waals surface area contributed by atoms with Gasteiger partial charge in [0, 0.05) is 25.3 Å². The molecule has 0 aromatic carbocycles. The van der Waals surface area contributed by atoms with E-state index in [0.717, 1.165) is 25.1 Å². The molecule has 0 radical (unpaired) electrons. The molecular weight excluding hydrogens is 233 g/mol. The van der Waals surface area contributed by atoms with Crippen molar-refractivity contribution in [3.63, 3.8) is 0 Å². The topological polar surface area (TPSA) is 55.0 Å². The minimum Gasteiger partial charge on any atom is -0.339 e. The van der Waals surface area contributed by atoms with Crippen molar-refractivity contribution in [1.82, 2.24) is 9.97 Å². The van der Waals surface area contributed by atoms with Crippen molar-refractivity contribution in [2.75, 3.05) is 18.0 Å². The van der Waals surface area contributed by atoms with Crippen LogP contribution >= 0.6 is 0 Å². The highest BCUT2D eigenvalue weighted by Crippen LogP contribution is 2.28. The second kappa shape index (κ2) is 4.48. The van der Waals surface area contributed by atoms with E-state index >= 15 is 0 Å². The van der Waals surface area contributed by atoms with Gasteiger partial charge in [0.25, 0.3) is 0 Å². The normalized spacial score (nSPS) is 21.6. The van der Waals surface area contributed by atoms with Crippen molar-refractivity contribution in [3.8, 4) is 0 Å². The second-order valence-electron chi connectivity index (χ2n) is 4.09. The third-order valence-electron chi connectivity index (χ3n) is 2.67. The van der Waals surface area contributed by atoms with Crippen molar-refractivity contribution < 1.29 is 13.2 Å². The second-order valence-corrected chi connectivity index (χ2v) is 4.09. The molecular formula is C10H13F3N4. The lowest BCUT2D eigenvalue weighted by Gasteiger charge is -2.30. The maximum atomic E-state index is 12.5. The monoisotopic (exact) mass is 246 g/mol. The number of anilines is 1. The van der Waals surface area contributed by atoms with Crippen LogP contribution in [0.2, 0.25) is 0 Å². The third kappa shape index (κ3) is 2.85. The summed E-state index contributed by atoms with van der Waals surface area (Å²) in [6, 6.07) is 0.842. The van der Waals surface area contributed by atoms with Gasteiger partial charge >= 0.3 is 6.18 Å². The van der Waals surface area contributed by atoms with Crippen LogP contribution in [0.15, 0.2) is 12.3 Å². The number of hydrogen-bond acceptors (Lipinski definition) is 4. The van der Waals surface area contributed by atoms with Gasteiger partial charge in [0.1, 0.15) is 5.69 Å². The molecule has 4 nitrogen and oxygen atoms in total. The number of piperidine rings is 1. The summed E-state index contributed by atoms with van der Waals surface area (Å²) >= 11 is 0. The van der Waals surface area contributed by atoms with Crippen molar-refractivity contribution in [2.45, 2.75) is 25.1 Å². The Morgan fingerprint density at radius 3 is 2.82 bits per heavy atom. The summed E-state index contributed by atoms with van der Waals surface area (Å²) < 4.78 is 37.4. The van der Waals surface area contributed by atoms with E-state index in [0.29, 0.717) is 13.1 Å². The van der Waals surface area contributed by atoms with E-state index in [1.165, 1.54) is 0 Å². The van der Waals surface area contributed by atoms with Gasteiger partial charge in [0.2, 0.25) is 5.95 Å². The third-order valence-corrected chi connectivity index (χ3v) is 2.67. The molecule has 94 valence electrons. The molecule has 17 heavy (non-hydrogen) atoms. The van der Waals surface area contributed by atoms with E-state index in [1.54, 1.807) is 4.90 Å². The van der Waals surface area contributed by atoms with Gasteiger partial charge < -0.3 is 10.6 Å². The molecule has 0 aliphatic carbocycles. The van der Waals surface area contributed by atoms with Crippen LogP contribution in [0.4, 0.5) is 19.1 Å². The average molecular weight is 246 g/mol. The van der Waals surface area contributed by atoms with Crippen LogP contribution in [-0.2, 0) is 6.18 Å². The van der Waals surface area contributed by atoms with E-state index in [4.69, 9.17) is 5.73 Å². The first-order chi connectivity index (χ1) is 7.97. The Balaban J connectivity index is 2.21. The molecule has 2 N–H and O–H groups in total. The SMILES string of the molecule is NC1CCCN(c2nccc(C(F)(F)F)n2)C1. The summed E-state index contributed by atoms with van der Waals surface area (Å²) in [5.41, 5.74) is 4.85. The maximum Gasteiger partial charge on any atom is 0.433 e. The Morgan fingerprint density at radius 2 is 2.18 bits per heavy atom. The van der Waals surface area contributed by atoms with Crippen molar-refractivity contribution >= 4 is 5.95 Å². The number of alkyl halides is 3. The lowest BCUT2D eigenvalue weighted by molar-refractivity contribution is -0.141. The fourth-order valence-electron chi connectivity index (χ4n) is 1.85. The van der Waals surface area contributed by atoms with Gasteiger partial charge in [-0.3, -0.25) is 0 Å². The minimum absolute atomic E-state index is 0.0260. The van der Waals surface area contributed by atoms with Gasteiger partial charge in [-0.15, -0.1) is 0 Å². The number of rotatable bonds is 1. The molecule has 1 fully saturated rings. The zero-order valence-corrected chi connectivity index (χ0v) is 9.11. The molecule has 1 aliphatic heterocycles.